The first kappa shape index (κ1) is 15.8. The lowest BCUT2D eigenvalue weighted by Gasteiger charge is -2.25. The second kappa shape index (κ2) is 5.96. The van der Waals surface area contributed by atoms with E-state index < -0.39 is 11.7 Å². The van der Waals surface area contributed by atoms with E-state index in [0.717, 1.165) is 12.8 Å². The average Bonchev–Trinajstić information content (AvgIpc) is 3.34. The molecule has 2 aliphatic rings. The van der Waals surface area contributed by atoms with Crippen molar-refractivity contribution in [2.75, 3.05) is 4.90 Å². The number of nitrogens with one attached hydrogen (secondary N) is 1. The summed E-state index contributed by atoms with van der Waals surface area (Å²) in [6.07, 6.45) is 2.05. The van der Waals surface area contributed by atoms with E-state index in [0.29, 0.717) is 11.4 Å². The van der Waals surface area contributed by atoms with Crippen LogP contribution < -0.4 is 15.2 Å². The van der Waals surface area contributed by atoms with Gasteiger partial charge in [0.15, 0.2) is 7.05 Å². The van der Waals surface area contributed by atoms with Crippen molar-refractivity contribution in [3.8, 4) is 0 Å². The van der Waals surface area contributed by atoms with E-state index in [9.17, 15) is 14.4 Å². The van der Waals surface area contributed by atoms with Crippen molar-refractivity contribution < 1.29 is 18.8 Å². The van der Waals surface area contributed by atoms with Crippen LogP contribution in [0.2, 0.25) is 0 Å². The molecule has 130 valence electrons. The fourth-order valence-corrected chi connectivity index (χ4v) is 3.33. The maximum atomic E-state index is 12.9. The van der Waals surface area contributed by atoms with Crippen LogP contribution in [0.15, 0.2) is 39.6 Å². The summed E-state index contributed by atoms with van der Waals surface area (Å²) in [6.45, 7) is 0.277. The number of para-hydroxylation sites is 1. The zero-order chi connectivity index (χ0) is 17.6. The van der Waals surface area contributed by atoms with Crippen molar-refractivity contribution in [2.45, 2.75) is 37.9 Å². The second-order valence-corrected chi connectivity index (χ2v) is 6.51. The van der Waals surface area contributed by atoms with E-state index in [1.165, 1.54) is 9.58 Å². The fraction of sp³-hybridized carbons (Fsp3) is 0.412. The third-order valence-electron chi connectivity index (χ3n) is 4.80. The first-order chi connectivity index (χ1) is 12.1. The molecule has 1 atom stereocenters. The number of nitrogens with zero attached hydrogens (tertiary/aromatic N) is 3. The van der Waals surface area contributed by atoms with Crippen LogP contribution in [0.3, 0.4) is 0 Å². The molecular formula is C17H19N4O4+. The van der Waals surface area contributed by atoms with Crippen LogP contribution in [0.4, 0.5) is 5.69 Å². The van der Waals surface area contributed by atoms with E-state index >= 15 is 0 Å². The van der Waals surface area contributed by atoms with Crippen molar-refractivity contribution >= 4 is 17.5 Å². The van der Waals surface area contributed by atoms with Crippen molar-refractivity contribution in [2.24, 2.45) is 7.05 Å². The zero-order valence-corrected chi connectivity index (χ0v) is 13.8. The number of hydrogen-bond acceptors (Lipinski definition) is 5. The number of anilines is 1. The standard InChI is InChI=1S/C17H18N4O4/c1-19-14(17(24)25-18-19)10-20(11-7-8-11)13-9-15(22)21(16(13)23)12-5-3-2-4-6-12/h2-6,11,13H,7-10H2,1H3/p+1. The lowest BCUT2D eigenvalue weighted by Crippen LogP contribution is -2.47. The molecule has 1 aromatic carbocycles. The Bertz CT molecular complexity index is 868. The Balaban J connectivity index is 1.62. The summed E-state index contributed by atoms with van der Waals surface area (Å²) < 4.78 is 6.30. The Hall–Kier alpha value is -2.74. The topological polar surface area (TPSA) is 90.5 Å². The maximum Gasteiger partial charge on any atom is 0.431 e. The van der Waals surface area contributed by atoms with Gasteiger partial charge in [-0.1, -0.05) is 22.9 Å². The molecule has 2 aromatic rings. The molecule has 1 unspecified atom stereocenters. The normalized spacial score (nSPS) is 20.7. The zero-order valence-electron chi connectivity index (χ0n) is 13.8. The van der Waals surface area contributed by atoms with Gasteiger partial charge in [-0.25, -0.2) is 9.69 Å². The van der Waals surface area contributed by atoms with E-state index in [-0.39, 0.29) is 30.8 Å². The Kier molecular flexibility index (Phi) is 3.76. The Labute approximate surface area is 143 Å². The minimum absolute atomic E-state index is 0.129. The molecule has 2 fully saturated rings. The van der Waals surface area contributed by atoms with Gasteiger partial charge in [0.2, 0.25) is 5.91 Å². The molecule has 4 rings (SSSR count). The molecule has 0 radical (unpaired) electrons. The third kappa shape index (κ3) is 2.78. The number of carbonyl (C=O) groups is 2. The van der Waals surface area contributed by atoms with Crippen molar-refractivity contribution in [3.63, 3.8) is 0 Å². The van der Waals surface area contributed by atoms with Crippen molar-refractivity contribution in [3.05, 3.63) is 46.4 Å². The fourth-order valence-electron chi connectivity index (χ4n) is 3.33. The monoisotopic (exact) mass is 343 g/mol. The summed E-state index contributed by atoms with van der Waals surface area (Å²) in [4.78, 5) is 40.5. The molecule has 8 heteroatoms. The summed E-state index contributed by atoms with van der Waals surface area (Å²) in [6, 6.07) is 8.61. The first-order valence-corrected chi connectivity index (χ1v) is 8.30. The molecule has 1 saturated heterocycles. The van der Waals surface area contributed by atoms with Gasteiger partial charge in [0.25, 0.3) is 5.91 Å². The highest BCUT2D eigenvalue weighted by Gasteiger charge is 2.47. The van der Waals surface area contributed by atoms with Crippen molar-refractivity contribution in [1.29, 1.82) is 0 Å². The summed E-state index contributed by atoms with van der Waals surface area (Å²) in [5, 5.41) is 2.49. The van der Waals surface area contributed by atoms with E-state index in [1.807, 2.05) is 11.0 Å². The summed E-state index contributed by atoms with van der Waals surface area (Å²) in [5.74, 6) is -0.442. The SMILES string of the molecule is C[n+]1[nH]oc(=O)c1CN(C1CC1)C1CC(=O)N(c2ccccc2)C1=O. The predicted octanol–water partition coefficient (Wildman–Crippen LogP) is 0.0889. The largest absolute Gasteiger partial charge is 0.431 e. The van der Waals surface area contributed by atoms with Gasteiger partial charge < -0.3 is 0 Å². The van der Waals surface area contributed by atoms with Gasteiger partial charge in [-0.05, 0) is 30.2 Å². The number of carbonyl (C=O) groups excluding carboxylic acids is 2. The van der Waals surface area contributed by atoms with Gasteiger partial charge in [-0.2, -0.15) is 0 Å². The second-order valence-electron chi connectivity index (χ2n) is 6.51. The molecular weight excluding hydrogens is 324 g/mol. The third-order valence-corrected chi connectivity index (χ3v) is 4.80. The quantitative estimate of drug-likeness (QED) is 0.614. The highest BCUT2D eigenvalue weighted by molar-refractivity contribution is 6.22. The van der Waals surface area contributed by atoms with Gasteiger partial charge in [0.05, 0.1) is 24.7 Å². The Morgan fingerprint density at radius 3 is 2.56 bits per heavy atom. The number of hydrogen-bond donors (Lipinski definition) is 1. The molecule has 2 heterocycles. The van der Waals surface area contributed by atoms with Crippen LogP contribution in [0.5, 0.6) is 0 Å². The molecule has 2 amide bonds. The summed E-state index contributed by atoms with van der Waals surface area (Å²) in [7, 11) is 1.68. The number of imide groups is 1. The van der Waals surface area contributed by atoms with Gasteiger partial charge in [-0.15, -0.1) is 0 Å². The van der Waals surface area contributed by atoms with Crippen molar-refractivity contribution in [1.82, 2.24) is 10.2 Å². The summed E-state index contributed by atoms with van der Waals surface area (Å²) in [5.41, 5.74) is 0.567. The minimum atomic E-state index is -0.547. The van der Waals surface area contributed by atoms with Gasteiger partial charge in [0.1, 0.15) is 0 Å². The molecule has 1 aromatic heterocycles. The molecule has 25 heavy (non-hydrogen) atoms. The number of aryl methyl sites for hydroxylation is 1. The van der Waals surface area contributed by atoms with E-state index in [2.05, 4.69) is 5.27 Å². The smallest absolute Gasteiger partial charge is 0.283 e. The van der Waals surface area contributed by atoms with Crippen LogP contribution in [0.25, 0.3) is 0 Å². The van der Waals surface area contributed by atoms with Crippen LogP contribution in [0, 0.1) is 0 Å². The van der Waals surface area contributed by atoms with Gasteiger partial charge in [-0.3, -0.25) is 19.0 Å². The number of amides is 2. The minimum Gasteiger partial charge on any atom is -0.283 e. The van der Waals surface area contributed by atoms with Gasteiger partial charge in [0, 0.05) is 6.04 Å². The van der Waals surface area contributed by atoms with E-state index in [4.69, 9.17) is 4.52 Å². The average molecular weight is 343 g/mol. The van der Waals surface area contributed by atoms with E-state index in [1.54, 1.807) is 31.3 Å². The number of H-pyrrole nitrogens is 1. The van der Waals surface area contributed by atoms with Crippen LogP contribution in [-0.2, 0) is 23.2 Å². The molecule has 1 N–H and O–H groups in total. The first-order valence-electron chi connectivity index (χ1n) is 8.30. The molecule has 1 aliphatic carbocycles. The molecule has 1 aliphatic heterocycles. The van der Waals surface area contributed by atoms with Gasteiger partial charge >= 0.3 is 11.3 Å². The number of benzene rings is 1. The predicted molar refractivity (Wildman–Crippen MR) is 86.4 cm³/mol. The molecule has 8 nitrogen and oxygen atoms in total. The molecule has 0 bridgehead atoms. The highest BCUT2D eigenvalue weighted by Crippen LogP contribution is 2.34. The lowest BCUT2D eigenvalue weighted by atomic mass is 10.2. The number of rotatable bonds is 5. The Morgan fingerprint density at radius 1 is 1.24 bits per heavy atom. The van der Waals surface area contributed by atoms with Crippen LogP contribution in [-0.4, -0.2) is 34.1 Å². The number of aromatic nitrogens is 2. The lowest BCUT2D eigenvalue weighted by molar-refractivity contribution is -0.747. The molecule has 0 spiro atoms. The number of aromatic amines is 1. The van der Waals surface area contributed by atoms with Crippen LogP contribution in [0.1, 0.15) is 25.0 Å². The maximum absolute atomic E-state index is 12.9. The Morgan fingerprint density at radius 2 is 1.96 bits per heavy atom. The summed E-state index contributed by atoms with van der Waals surface area (Å²) >= 11 is 0. The van der Waals surface area contributed by atoms with Crippen LogP contribution >= 0.6 is 0 Å². The highest BCUT2D eigenvalue weighted by atomic mass is 16.5. The molecule has 1 saturated carbocycles.